The van der Waals surface area contributed by atoms with Crippen LogP contribution >= 0.6 is 0 Å². The summed E-state index contributed by atoms with van der Waals surface area (Å²) in [6.07, 6.45) is 1.46. The average Bonchev–Trinajstić information content (AvgIpc) is 2.41. The van der Waals surface area contributed by atoms with Gasteiger partial charge in [-0.3, -0.25) is 4.79 Å². The number of benzene rings is 1. The van der Waals surface area contributed by atoms with Crippen LogP contribution in [0.2, 0.25) is 0 Å². The molecule has 1 rings (SSSR count). The first kappa shape index (κ1) is 15.8. The van der Waals surface area contributed by atoms with Crippen LogP contribution < -0.4 is 10.6 Å². The molecule has 0 aliphatic rings. The second-order valence-corrected chi connectivity index (χ2v) is 5.17. The van der Waals surface area contributed by atoms with Crippen LogP contribution in [0.25, 0.3) is 0 Å². The van der Waals surface area contributed by atoms with Gasteiger partial charge in [0, 0.05) is 18.4 Å². The van der Waals surface area contributed by atoms with Gasteiger partial charge < -0.3 is 10.6 Å². The molecule has 0 spiro atoms. The van der Waals surface area contributed by atoms with E-state index in [1.807, 2.05) is 52.0 Å². The minimum absolute atomic E-state index is 0.0755. The Balaban J connectivity index is 2.78. The highest BCUT2D eigenvalue weighted by molar-refractivity contribution is 5.97. The molecular formula is C16H21N3O. The number of nitrogens with zero attached hydrogens (tertiary/aromatic N) is 1. The fourth-order valence-corrected chi connectivity index (χ4v) is 1.60. The smallest absolute Gasteiger partial charge is 0.263 e. The molecular weight excluding hydrogens is 250 g/mol. The zero-order valence-electron chi connectivity index (χ0n) is 12.4. The summed E-state index contributed by atoms with van der Waals surface area (Å²) in [6.45, 7) is 8.58. The fourth-order valence-electron chi connectivity index (χ4n) is 1.60. The molecule has 0 bridgehead atoms. The highest BCUT2D eigenvalue weighted by Gasteiger charge is 2.09. The molecule has 4 nitrogen and oxygen atoms in total. The highest BCUT2D eigenvalue weighted by atomic mass is 16.1. The molecule has 1 aromatic rings. The quantitative estimate of drug-likeness (QED) is 0.639. The van der Waals surface area contributed by atoms with Crippen LogP contribution in [0.5, 0.6) is 0 Å². The molecule has 1 aromatic carbocycles. The number of anilines is 1. The molecule has 0 unspecified atom stereocenters. The topological polar surface area (TPSA) is 64.9 Å². The van der Waals surface area contributed by atoms with Crippen molar-refractivity contribution in [2.75, 3.05) is 11.9 Å². The Labute approximate surface area is 120 Å². The van der Waals surface area contributed by atoms with Gasteiger partial charge in [0.15, 0.2) is 0 Å². The van der Waals surface area contributed by atoms with Crippen molar-refractivity contribution >= 4 is 11.6 Å². The van der Waals surface area contributed by atoms with E-state index in [4.69, 9.17) is 5.26 Å². The van der Waals surface area contributed by atoms with E-state index in [1.165, 1.54) is 6.20 Å². The Morgan fingerprint density at radius 3 is 2.70 bits per heavy atom. The summed E-state index contributed by atoms with van der Waals surface area (Å²) in [5, 5.41) is 14.8. The van der Waals surface area contributed by atoms with Gasteiger partial charge in [0.2, 0.25) is 0 Å². The first-order chi connectivity index (χ1) is 9.45. The van der Waals surface area contributed by atoms with E-state index in [-0.39, 0.29) is 11.5 Å². The van der Waals surface area contributed by atoms with Gasteiger partial charge >= 0.3 is 0 Å². The van der Waals surface area contributed by atoms with E-state index in [0.29, 0.717) is 12.5 Å². The van der Waals surface area contributed by atoms with Gasteiger partial charge in [0.25, 0.3) is 5.91 Å². The summed E-state index contributed by atoms with van der Waals surface area (Å²) in [5.74, 6) is 0.00451. The van der Waals surface area contributed by atoms with Gasteiger partial charge in [0.05, 0.1) is 0 Å². The molecule has 2 N–H and O–H groups in total. The predicted molar refractivity (Wildman–Crippen MR) is 81.1 cm³/mol. The lowest BCUT2D eigenvalue weighted by molar-refractivity contribution is -0.117. The Morgan fingerprint density at radius 2 is 2.10 bits per heavy atom. The maximum absolute atomic E-state index is 11.8. The summed E-state index contributed by atoms with van der Waals surface area (Å²) >= 11 is 0. The minimum Gasteiger partial charge on any atom is -0.360 e. The van der Waals surface area contributed by atoms with Gasteiger partial charge in [-0.2, -0.15) is 5.26 Å². The third-order valence-electron chi connectivity index (χ3n) is 3.01. The Bertz CT molecular complexity index is 553. The number of rotatable bonds is 5. The number of hydrogen-bond donors (Lipinski definition) is 2. The molecule has 0 saturated heterocycles. The van der Waals surface area contributed by atoms with Crippen LogP contribution in [0.3, 0.4) is 0 Å². The summed E-state index contributed by atoms with van der Waals surface area (Å²) in [5.41, 5.74) is 3.23. The third kappa shape index (κ3) is 4.43. The van der Waals surface area contributed by atoms with E-state index in [0.717, 1.165) is 16.8 Å². The van der Waals surface area contributed by atoms with Crippen molar-refractivity contribution in [2.45, 2.75) is 27.7 Å². The maximum atomic E-state index is 11.8. The molecule has 20 heavy (non-hydrogen) atoms. The lowest BCUT2D eigenvalue weighted by Crippen LogP contribution is -2.28. The zero-order valence-corrected chi connectivity index (χ0v) is 12.4. The van der Waals surface area contributed by atoms with Gasteiger partial charge in [-0.1, -0.05) is 26.0 Å². The lowest BCUT2D eigenvalue weighted by Gasteiger charge is -2.09. The second kappa shape index (κ2) is 7.34. The lowest BCUT2D eigenvalue weighted by atomic mass is 10.1. The summed E-state index contributed by atoms with van der Waals surface area (Å²) in [7, 11) is 0. The normalized spacial score (nSPS) is 11.1. The van der Waals surface area contributed by atoms with Crippen LogP contribution in [0.1, 0.15) is 25.0 Å². The van der Waals surface area contributed by atoms with E-state index < -0.39 is 0 Å². The van der Waals surface area contributed by atoms with Crippen LogP contribution in [0.4, 0.5) is 5.69 Å². The molecule has 4 heteroatoms. The molecule has 0 atom stereocenters. The van der Waals surface area contributed by atoms with Gasteiger partial charge in [-0.05, 0) is 37.0 Å². The number of nitrogens with one attached hydrogen (secondary N) is 2. The second-order valence-electron chi connectivity index (χ2n) is 5.17. The largest absolute Gasteiger partial charge is 0.360 e. The van der Waals surface area contributed by atoms with Gasteiger partial charge in [-0.25, -0.2) is 0 Å². The van der Waals surface area contributed by atoms with Crippen LogP contribution in [0.15, 0.2) is 30.0 Å². The van der Waals surface area contributed by atoms with Crippen molar-refractivity contribution in [1.29, 1.82) is 5.26 Å². The molecule has 0 aromatic heterocycles. The Morgan fingerprint density at radius 1 is 1.40 bits per heavy atom. The average molecular weight is 271 g/mol. The van der Waals surface area contributed by atoms with Crippen molar-refractivity contribution in [3.05, 3.63) is 41.1 Å². The van der Waals surface area contributed by atoms with E-state index in [1.54, 1.807) is 0 Å². The Kier molecular flexibility index (Phi) is 5.79. The van der Waals surface area contributed by atoms with Gasteiger partial charge in [0.1, 0.15) is 11.6 Å². The zero-order chi connectivity index (χ0) is 15.1. The summed E-state index contributed by atoms with van der Waals surface area (Å²) in [6, 6.07) is 7.79. The number of nitriles is 1. The van der Waals surface area contributed by atoms with Crippen molar-refractivity contribution in [1.82, 2.24) is 5.32 Å². The number of hydrogen-bond acceptors (Lipinski definition) is 3. The molecule has 0 saturated carbocycles. The predicted octanol–water partition coefficient (Wildman–Crippen LogP) is 2.90. The number of aryl methyl sites for hydroxylation is 1. The standard InChI is InChI=1S/C16H21N3O/c1-11(2)9-19-16(20)14(8-17)10-18-15-7-5-6-12(3)13(15)4/h5-7,10-11,18H,9H2,1-4H3,(H,19,20)/b14-10-. The van der Waals surface area contributed by atoms with Crippen molar-refractivity contribution in [2.24, 2.45) is 5.92 Å². The SMILES string of the molecule is Cc1cccc(N/C=C(/C#N)C(=O)NCC(C)C)c1C. The van der Waals surface area contributed by atoms with Crippen LogP contribution in [-0.4, -0.2) is 12.5 Å². The number of carbonyl (C=O) groups excluding carboxylic acids is 1. The summed E-state index contributed by atoms with van der Waals surface area (Å²) in [4.78, 5) is 11.8. The molecule has 106 valence electrons. The van der Waals surface area contributed by atoms with Crippen LogP contribution in [0, 0.1) is 31.1 Å². The molecule has 0 aliphatic carbocycles. The summed E-state index contributed by atoms with van der Waals surface area (Å²) < 4.78 is 0. The minimum atomic E-state index is -0.348. The maximum Gasteiger partial charge on any atom is 0.263 e. The Hall–Kier alpha value is -2.28. The molecule has 0 heterocycles. The van der Waals surface area contributed by atoms with Crippen molar-refractivity contribution in [3.63, 3.8) is 0 Å². The van der Waals surface area contributed by atoms with Crippen molar-refractivity contribution < 1.29 is 4.79 Å². The third-order valence-corrected chi connectivity index (χ3v) is 3.01. The van der Waals surface area contributed by atoms with E-state index in [9.17, 15) is 4.79 Å². The van der Waals surface area contributed by atoms with E-state index >= 15 is 0 Å². The number of carbonyl (C=O) groups is 1. The first-order valence-electron chi connectivity index (χ1n) is 6.67. The molecule has 0 radical (unpaired) electrons. The first-order valence-corrected chi connectivity index (χ1v) is 6.67. The van der Waals surface area contributed by atoms with Crippen LogP contribution in [-0.2, 0) is 4.79 Å². The van der Waals surface area contributed by atoms with Crippen molar-refractivity contribution in [3.8, 4) is 6.07 Å². The molecule has 0 aliphatic heterocycles. The molecule has 1 amide bonds. The molecule has 0 fully saturated rings. The van der Waals surface area contributed by atoms with E-state index in [2.05, 4.69) is 10.6 Å². The van der Waals surface area contributed by atoms with Gasteiger partial charge in [-0.15, -0.1) is 0 Å². The number of amides is 1. The fraction of sp³-hybridized carbons (Fsp3) is 0.375. The monoisotopic (exact) mass is 271 g/mol. The highest BCUT2D eigenvalue weighted by Crippen LogP contribution is 2.18.